The third-order valence-electron chi connectivity index (χ3n) is 1.72. The summed E-state index contributed by atoms with van der Waals surface area (Å²) in [6, 6.07) is 0. The standard InChI is InChI=1S/C8H10N2O3/c1-5(11)2-3-10-7(12)4-6(9)8(10)13/h4H,2-3,9H2,1H3. The van der Waals surface area contributed by atoms with Crippen molar-refractivity contribution in [3.05, 3.63) is 11.8 Å². The van der Waals surface area contributed by atoms with Crippen LogP contribution in [0, 0.1) is 0 Å². The molecule has 0 radical (unpaired) electrons. The lowest BCUT2D eigenvalue weighted by Gasteiger charge is -2.12. The van der Waals surface area contributed by atoms with Gasteiger partial charge in [-0.2, -0.15) is 0 Å². The molecular formula is C8H10N2O3. The molecule has 0 aromatic carbocycles. The second-order valence-electron chi connectivity index (χ2n) is 2.85. The lowest BCUT2D eigenvalue weighted by atomic mass is 10.3. The van der Waals surface area contributed by atoms with Gasteiger partial charge in [0.15, 0.2) is 0 Å². The predicted molar refractivity (Wildman–Crippen MR) is 44.3 cm³/mol. The van der Waals surface area contributed by atoms with Crippen molar-refractivity contribution in [1.82, 2.24) is 4.90 Å². The SMILES string of the molecule is CC(=O)CCN1C(=O)C=C(N)C1=O. The molecule has 5 heteroatoms. The van der Waals surface area contributed by atoms with Crippen molar-refractivity contribution in [3.63, 3.8) is 0 Å². The predicted octanol–water partition coefficient (Wildman–Crippen LogP) is -0.823. The van der Waals surface area contributed by atoms with Gasteiger partial charge in [-0.25, -0.2) is 0 Å². The summed E-state index contributed by atoms with van der Waals surface area (Å²) in [5, 5.41) is 0. The maximum absolute atomic E-state index is 11.1. The topological polar surface area (TPSA) is 80.5 Å². The summed E-state index contributed by atoms with van der Waals surface area (Å²) in [5.74, 6) is -1.01. The Morgan fingerprint density at radius 1 is 1.54 bits per heavy atom. The number of nitrogens with zero attached hydrogens (tertiary/aromatic N) is 1. The van der Waals surface area contributed by atoms with Crippen molar-refractivity contribution in [3.8, 4) is 0 Å². The molecule has 0 atom stereocenters. The third kappa shape index (κ3) is 1.93. The molecule has 0 bridgehead atoms. The Kier molecular flexibility index (Phi) is 2.46. The van der Waals surface area contributed by atoms with Crippen LogP contribution >= 0.6 is 0 Å². The number of carbonyl (C=O) groups is 3. The molecule has 1 heterocycles. The Hall–Kier alpha value is -1.65. The van der Waals surface area contributed by atoms with Gasteiger partial charge >= 0.3 is 0 Å². The monoisotopic (exact) mass is 182 g/mol. The molecule has 0 aromatic heterocycles. The molecule has 0 unspecified atom stereocenters. The second-order valence-corrected chi connectivity index (χ2v) is 2.85. The summed E-state index contributed by atoms with van der Waals surface area (Å²) in [7, 11) is 0. The maximum atomic E-state index is 11.1. The van der Waals surface area contributed by atoms with E-state index in [0.717, 1.165) is 11.0 Å². The van der Waals surface area contributed by atoms with E-state index in [9.17, 15) is 14.4 Å². The smallest absolute Gasteiger partial charge is 0.276 e. The van der Waals surface area contributed by atoms with E-state index in [1.807, 2.05) is 0 Å². The quantitative estimate of drug-likeness (QED) is 0.578. The first kappa shape index (κ1) is 9.44. The summed E-state index contributed by atoms with van der Waals surface area (Å²) >= 11 is 0. The fraction of sp³-hybridized carbons (Fsp3) is 0.375. The van der Waals surface area contributed by atoms with Crippen molar-refractivity contribution in [2.75, 3.05) is 6.54 Å². The van der Waals surface area contributed by atoms with Crippen LogP contribution in [-0.2, 0) is 14.4 Å². The molecule has 13 heavy (non-hydrogen) atoms. The van der Waals surface area contributed by atoms with Gasteiger partial charge in [0.05, 0.1) is 0 Å². The first-order valence-electron chi connectivity index (χ1n) is 3.85. The average Bonchev–Trinajstić information content (AvgIpc) is 2.24. The molecule has 2 amide bonds. The van der Waals surface area contributed by atoms with Crippen molar-refractivity contribution < 1.29 is 14.4 Å². The van der Waals surface area contributed by atoms with Crippen LogP contribution < -0.4 is 5.73 Å². The zero-order valence-electron chi connectivity index (χ0n) is 7.24. The first-order valence-corrected chi connectivity index (χ1v) is 3.85. The van der Waals surface area contributed by atoms with Gasteiger partial charge in [-0.15, -0.1) is 0 Å². The fourth-order valence-corrected chi connectivity index (χ4v) is 1.01. The lowest BCUT2D eigenvalue weighted by Crippen LogP contribution is -2.33. The van der Waals surface area contributed by atoms with E-state index in [1.54, 1.807) is 0 Å². The molecule has 5 nitrogen and oxygen atoms in total. The highest BCUT2D eigenvalue weighted by Gasteiger charge is 2.28. The molecule has 70 valence electrons. The van der Waals surface area contributed by atoms with Crippen LogP contribution in [0.1, 0.15) is 13.3 Å². The number of hydrogen-bond acceptors (Lipinski definition) is 4. The number of imide groups is 1. The highest BCUT2D eigenvalue weighted by atomic mass is 16.2. The Morgan fingerprint density at radius 2 is 2.15 bits per heavy atom. The van der Waals surface area contributed by atoms with E-state index < -0.39 is 11.8 Å². The van der Waals surface area contributed by atoms with Crippen LogP contribution in [0.15, 0.2) is 11.8 Å². The third-order valence-corrected chi connectivity index (χ3v) is 1.72. The molecule has 1 aliphatic heterocycles. The summed E-state index contributed by atoms with van der Waals surface area (Å²) in [5.41, 5.74) is 5.17. The largest absolute Gasteiger partial charge is 0.394 e. The minimum Gasteiger partial charge on any atom is -0.394 e. The summed E-state index contributed by atoms with van der Waals surface area (Å²) in [6.45, 7) is 1.52. The minimum atomic E-state index is -0.508. The van der Waals surface area contributed by atoms with Gasteiger partial charge in [0.2, 0.25) is 0 Å². The number of amides is 2. The van der Waals surface area contributed by atoms with Crippen LogP contribution in [0.3, 0.4) is 0 Å². The number of rotatable bonds is 3. The van der Waals surface area contributed by atoms with E-state index in [-0.39, 0.29) is 24.4 Å². The van der Waals surface area contributed by atoms with E-state index >= 15 is 0 Å². The Bertz CT molecular complexity index is 307. The molecule has 0 aliphatic carbocycles. The van der Waals surface area contributed by atoms with Crippen molar-refractivity contribution in [1.29, 1.82) is 0 Å². The van der Waals surface area contributed by atoms with Crippen LogP contribution in [0.5, 0.6) is 0 Å². The van der Waals surface area contributed by atoms with Crippen LogP contribution in [0.25, 0.3) is 0 Å². The average molecular weight is 182 g/mol. The zero-order chi connectivity index (χ0) is 10.0. The fourth-order valence-electron chi connectivity index (χ4n) is 1.01. The molecule has 2 N–H and O–H groups in total. The van der Waals surface area contributed by atoms with E-state index in [4.69, 9.17) is 5.73 Å². The normalized spacial score (nSPS) is 16.4. The molecule has 0 aromatic rings. The van der Waals surface area contributed by atoms with Crippen LogP contribution in [0.4, 0.5) is 0 Å². The van der Waals surface area contributed by atoms with Crippen LogP contribution in [0.2, 0.25) is 0 Å². The second kappa shape index (κ2) is 3.38. The van der Waals surface area contributed by atoms with Gasteiger partial charge in [0, 0.05) is 19.0 Å². The molecule has 0 fully saturated rings. The van der Waals surface area contributed by atoms with Crippen molar-refractivity contribution in [2.24, 2.45) is 5.73 Å². The molecular weight excluding hydrogens is 172 g/mol. The summed E-state index contributed by atoms with van der Waals surface area (Å²) in [6.07, 6.45) is 1.25. The summed E-state index contributed by atoms with van der Waals surface area (Å²) < 4.78 is 0. The van der Waals surface area contributed by atoms with E-state index in [2.05, 4.69) is 0 Å². The Balaban J connectivity index is 2.59. The highest BCUT2D eigenvalue weighted by molar-refractivity contribution is 6.15. The number of nitrogens with two attached hydrogens (primary N) is 1. The highest BCUT2D eigenvalue weighted by Crippen LogP contribution is 2.08. The van der Waals surface area contributed by atoms with Crippen molar-refractivity contribution >= 4 is 17.6 Å². The molecule has 1 aliphatic rings. The van der Waals surface area contributed by atoms with Crippen molar-refractivity contribution in [2.45, 2.75) is 13.3 Å². The molecule has 0 saturated heterocycles. The first-order chi connectivity index (χ1) is 6.02. The molecule has 0 saturated carbocycles. The van der Waals surface area contributed by atoms with Gasteiger partial charge in [0.25, 0.3) is 11.8 Å². The number of hydrogen-bond donors (Lipinski definition) is 1. The van der Waals surface area contributed by atoms with Gasteiger partial charge in [-0.05, 0) is 6.92 Å². The van der Waals surface area contributed by atoms with E-state index in [0.29, 0.717) is 0 Å². The number of ketones is 1. The van der Waals surface area contributed by atoms with Gasteiger partial charge in [-0.1, -0.05) is 0 Å². The molecule has 1 rings (SSSR count). The molecule has 0 spiro atoms. The maximum Gasteiger partial charge on any atom is 0.276 e. The van der Waals surface area contributed by atoms with Crippen LogP contribution in [-0.4, -0.2) is 29.0 Å². The number of Topliss-reactive ketones (excluding diaryl/α,β-unsaturated/α-hetero) is 1. The lowest BCUT2D eigenvalue weighted by molar-refractivity contribution is -0.137. The minimum absolute atomic E-state index is 0.0615. The number of carbonyl (C=O) groups excluding carboxylic acids is 3. The van der Waals surface area contributed by atoms with Gasteiger partial charge in [0.1, 0.15) is 11.5 Å². The summed E-state index contributed by atoms with van der Waals surface area (Å²) in [4.78, 5) is 33.7. The van der Waals surface area contributed by atoms with Gasteiger partial charge in [-0.3, -0.25) is 19.3 Å². The van der Waals surface area contributed by atoms with Gasteiger partial charge < -0.3 is 5.73 Å². The Morgan fingerprint density at radius 3 is 2.54 bits per heavy atom. The Labute approximate surface area is 75.2 Å². The zero-order valence-corrected chi connectivity index (χ0v) is 7.24. The van der Waals surface area contributed by atoms with E-state index in [1.165, 1.54) is 6.92 Å².